The van der Waals surface area contributed by atoms with Crippen LogP contribution in [0.4, 0.5) is 0 Å². The van der Waals surface area contributed by atoms with Crippen LogP contribution >= 0.6 is 0 Å². The molecule has 2 aromatic heterocycles. The number of furan rings is 1. The van der Waals surface area contributed by atoms with Gasteiger partial charge in [-0.2, -0.15) is 0 Å². The Hall–Kier alpha value is -2.50. The molecule has 6 nitrogen and oxygen atoms in total. The lowest BCUT2D eigenvalue weighted by Gasteiger charge is -2.03. The molecule has 0 saturated carbocycles. The van der Waals surface area contributed by atoms with Gasteiger partial charge in [-0.3, -0.25) is 4.79 Å². The molecular formula is C15H18N2O4. The van der Waals surface area contributed by atoms with Gasteiger partial charge in [0.15, 0.2) is 0 Å². The Morgan fingerprint density at radius 2 is 2.19 bits per heavy atom. The van der Waals surface area contributed by atoms with E-state index in [4.69, 9.17) is 9.15 Å². The van der Waals surface area contributed by atoms with Crippen molar-refractivity contribution < 1.29 is 18.7 Å². The Balaban J connectivity index is 2.21. The summed E-state index contributed by atoms with van der Waals surface area (Å²) in [5.41, 5.74) is 2.10. The Kier molecular flexibility index (Phi) is 4.47. The fraction of sp³-hybridized carbons (Fsp3) is 0.333. The van der Waals surface area contributed by atoms with Crippen molar-refractivity contribution in [3.8, 4) is 0 Å². The Morgan fingerprint density at radius 3 is 2.76 bits per heavy atom. The highest BCUT2D eigenvalue weighted by Crippen LogP contribution is 2.20. The van der Waals surface area contributed by atoms with Crippen LogP contribution in [0.25, 0.3) is 0 Å². The number of rotatable bonds is 5. The molecule has 0 fully saturated rings. The lowest BCUT2D eigenvalue weighted by atomic mass is 10.1. The van der Waals surface area contributed by atoms with Crippen LogP contribution in [0.3, 0.4) is 0 Å². The smallest absolute Gasteiger partial charge is 0.339 e. The number of nitrogens with one attached hydrogen (secondary N) is 2. The van der Waals surface area contributed by atoms with Gasteiger partial charge in [0.05, 0.1) is 25.5 Å². The first-order valence-electron chi connectivity index (χ1n) is 6.68. The van der Waals surface area contributed by atoms with Crippen LogP contribution in [0.15, 0.2) is 22.8 Å². The summed E-state index contributed by atoms with van der Waals surface area (Å²) in [7, 11) is 1.32. The molecule has 1 amide bonds. The molecule has 6 heteroatoms. The zero-order valence-electron chi connectivity index (χ0n) is 12.3. The summed E-state index contributed by atoms with van der Waals surface area (Å²) < 4.78 is 9.92. The maximum Gasteiger partial charge on any atom is 0.339 e. The van der Waals surface area contributed by atoms with Gasteiger partial charge in [0.25, 0.3) is 5.91 Å². The lowest BCUT2D eigenvalue weighted by molar-refractivity contribution is 0.0599. The molecule has 0 atom stereocenters. The van der Waals surface area contributed by atoms with E-state index in [0.29, 0.717) is 41.2 Å². The summed E-state index contributed by atoms with van der Waals surface area (Å²) in [5.74, 6) is -0.0593. The van der Waals surface area contributed by atoms with E-state index in [9.17, 15) is 9.59 Å². The number of hydrogen-bond acceptors (Lipinski definition) is 4. The maximum atomic E-state index is 12.2. The van der Waals surface area contributed by atoms with Crippen LogP contribution in [0.5, 0.6) is 0 Å². The van der Waals surface area contributed by atoms with Gasteiger partial charge in [-0.05, 0) is 31.0 Å². The van der Waals surface area contributed by atoms with E-state index in [-0.39, 0.29) is 5.91 Å². The number of ether oxygens (including phenoxy) is 1. The molecule has 2 aromatic rings. The van der Waals surface area contributed by atoms with Gasteiger partial charge >= 0.3 is 5.97 Å². The molecule has 112 valence electrons. The van der Waals surface area contributed by atoms with Crippen LogP contribution in [0, 0.1) is 6.92 Å². The Bertz CT molecular complexity index is 641. The Labute approximate surface area is 122 Å². The average Bonchev–Trinajstić information content (AvgIpc) is 3.11. The maximum absolute atomic E-state index is 12.2. The van der Waals surface area contributed by atoms with Crippen LogP contribution in [0.1, 0.15) is 44.8 Å². The molecule has 0 spiro atoms. The number of amides is 1. The van der Waals surface area contributed by atoms with Crippen LogP contribution in [0.2, 0.25) is 0 Å². The molecule has 0 bridgehead atoms. The molecule has 0 aliphatic heterocycles. The number of aromatic amines is 1. The average molecular weight is 290 g/mol. The van der Waals surface area contributed by atoms with Crippen molar-refractivity contribution in [3.63, 3.8) is 0 Å². The quantitative estimate of drug-likeness (QED) is 0.827. The standard InChI is InChI=1S/C15H18N2O4/c1-4-11-12(15(19)20-3)9(2)13(17-11)14(18)16-8-10-6-5-7-21-10/h5-7,17H,4,8H2,1-3H3,(H,16,18). The van der Waals surface area contributed by atoms with Crippen molar-refractivity contribution in [2.75, 3.05) is 7.11 Å². The van der Waals surface area contributed by atoms with Crippen molar-refractivity contribution >= 4 is 11.9 Å². The number of carbonyl (C=O) groups is 2. The molecule has 2 N–H and O–H groups in total. The molecule has 0 saturated heterocycles. The summed E-state index contributed by atoms with van der Waals surface area (Å²) in [6.45, 7) is 3.92. The third kappa shape index (κ3) is 2.99. The van der Waals surface area contributed by atoms with Gasteiger partial charge < -0.3 is 19.5 Å². The molecule has 0 aliphatic rings. The van der Waals surface area contributed by atoms with Crippen LogP contribution in [-0.4, -0.2) is 24.0 Å². The van der Waals surface area contributed by atoms with E-state index < -0.39 is 5.97 Å². The predicted octanol–water partition coefficient (Wildman–Crippen LogP) is 2.20. The van der Waals surface area contributed by atoms with Crippen molar-refractivity contribution in [2.45, 2.75) is 26.8 Å². The van der Waals surface area contributed by atoms with Crippen LogP contribution < -0.4 is 5.32 Å². The number of carbonyl (C=O) groups excluding carboxylic acids is 2. The minimum absolute atomic E-state index is 0.284. The second kappa shape index (κ2) is 6.30. The number of hydrogen-bond donors (Lipinski definition) is 2. The molecular weight excluding hydrogens is 272 g/mol. The van der Waals surface area contributed by atoms with E-state index in [2.05, 4.69) is 10.3 Å². The van der Waals surface area contributed by atoms with Crippen LogP contribution in [-0.2, 0) is 17.7 Å². The van der Waals surface area contributed by atoms with E-state index in [0.717, 1.165) is 0 Å². The number of H-pyrrole nitrogens is 1. The third-order valence-electron chi connectivity index (χ3n) is 3.30. The van der Waals surface area contributed by atoms with Gasteiger partial charge in [0.1, 0.15) is 11.5 Å². The second-order valence-corrected chi connectivity index (χ2v) is 4.59. The molecule has 0 aliphatic carbocycles. The molecule has 0 aromatic carbocycles. The highest BCUT2D eigenvalue weighted by Gasteiger charge is 2.23. The lowest BCUT2D eigenvalue weighted by Crippen LogP contribution is -2.23. The van der Waals surface area contributed by atoms with Gasteiger partial charge in [0, 0.05) is 5.69 Å². The molecule has 0 radical (unpaired) electrons. The molecule has 0 unspecified atom stereocenters. The number of methoxy groups -OCH3 is 1. The van der Waals surface area contributed by atoms with Crippen molar-refractivity contribution in [1.82, 2.24) is 10.3 Å². The largest absolute Gasteiger partial charge is 0.467 e. The van der Waals surface area contributed by atoms with Gasteiger partial charge in [-0.15, -0.1) is 0 Å². The SMILES string of the molecule is CCc1[nH]c(C(=O)NCc2ccco2)c(C)c1C(=O)OC. The number of aryl methyl sites for hydroxylation is 1. The highest BCUT2D eigenvalue weighted by molar-refractivity contribution is 6.00. The summed E-state index contributed by atoms with van der Waals surface area (Å²) in [5, 5.41) is 2.75. The molecule has 2 heterocycles. The molecule has 21 heavy (non-hydrogen) atoms. The fourth-order valence-corrected chi connectivity index (χ4v) is 2.20. The zero-order valence-corrected chi connectivity index (χ0v) is 12.3. The number of esters is 1. The predicted molar refractivity (Wildman–Crippen MR) is 76.1 cm³/mol. The summed E-state index contributed by atoms with van der Waals surface area (Å²) >= 11 is 0. The highest BCUT2D eigenvalue weighted by atomic mass is 16.5. The summed E-state index contributed by atoms with van der Waals surface area (Å²) in [6, 6.07) is 3.53. The van der Waals surface area contributed by atoms with E-state index in [1.54, 1.807) is 25.3 Å². The van der Waals surface area contributed by atoms with Crippen molar-refractivity contribution in [1.29, 1.82) is 0 Å². The Morgan fingerprint density at radius 1 is 1.43 bits per heavy atom. The van der Waals surface area contributed by atoms with E-state index in [1.165, 1.54) is 7.11 Å². The zero-order chi connectivity index (χ0) is 15.4. The van der Waals surface area contributed by atoms with Crippen molar-refractivity contribution in [3.05, 3.63) is 46.7 Å². The first-order chi connectivity index (χ1) is 10.1. The van der Waals surface area contributed by atoms with Gasteiger partial charge in [0.2, 0.25) is 0 Å². The van der Waals surface area contributed by atoms with E-state index >= 15 is 0 Å². The minimum Gasteiger partial charge on any atom is -0.467 e. The van der Waals surface area contributed by atoms with Gasteiger partial charge in [-0.25, -0.2) is 4.79 Å². The van der Waals surface area contributed by atoms with Crippen molar-refractivity contribution in [2.24, 2.45) is 0 Å². The minimum atomic E-state index is -0.439. The fourth-order valence-electron chi connectivity index (χ4n) is 2.20. The second-order valence-electron chi connectivity index (χ2n) is 4.59. The van der Waals surface area contributed by atoms with Gasteiger partial charge in [-0.1, -0.05) is 6.92 Å². The monoisotopic (exact) mass is 290 g/mol. The summed E-state index contributed by atoms with van der Waals surface area (Å²) in [6.07, 6.45) is 2.16. The third-order valence-corrected chi connectivity index (χ3v) is 3.30. The summed E-state index contributed by atoms with van der Waals surface area (Å²) in [4.78, 5) is 27.0. The first kappa shape index (κ1) is 14.9. The topological polar surface area (TPSA) is 84.3 Å². The molecule has 2 rings (SSSR count). The normalized spacial score (nSPS) is 10.4. The van der Waals surface area contributed by atoms with E-state index in [1.807, 2.05) is 6.92 Å². The number of aromatic nitrogens is 1. The first-order valence-corrected chi connectivity index (χ1v) is 6.68.